The van der Waals surface area contributed by atoms with Crippen LogP contribution in [0.3, 0.4) is 0 Å². The van der Waals surface area contributed by atoms with E-state index in [1.807, 2.05) is 13.0 Å². The molecule has 0 aliphatic rings. The molecule has 1 rings (SSSR count). The first kappa shape index (κ1) is 15.6. The van der Waals surface area contributed by atoms with Crippen LogP contribution in [0.1, 0.15) is 18.5 Å². The lowest BCUT2D eigenvalue weighted by Gasteiger charge is -2.14. The van der Waals surface area contributed by atoms with Crippen LogP contribution in [0.15, 0.2) is 24.3 Å². The Labute approximate surface area is 112 Å². The van der Waals surface area contributed by atoms with Gasteiger partial charge in [0.2, 0.25) is 0 Å². The van der Waals surface area contributed by atoms with E-state index in [1.165, 1.54) is 6.07 Å². The van der Waals surface area contributed by atoms with Gasteiger partial charge in [0.25, 0.3) is 5.69 Å². The van der Waals surface area contributed by atoms with Crippen molar-refractivity contribution >= 4 is 5.69 Å². The maximum absolute atomic E-state index is 10.7. The van der Waals surface area contributed by atoms with Gasteiger partial charge >= 0.3 is 0 Å². The molecule has 0 aliphatic heterocycles. The SMILES string of the molecule is COCCOCCNC(C)c1cccc([N+](=O)[O-])c1. The van der Waals surface area contributed by atoms with Crippen molar-refractivity contribution in [2.24, 2.45) is 0 Å². The van der Waals surface area contributed by atoms with Crippen LogP contribution in [0.5, 0.6) is 0 Å². The zero-order valence-corrected chi connectivity index (χ0v) is 11.3. The molecular weight excluding hydrogens is 248 g/mol. The Morgan fingerprint density at radius 1 is 1.37 bits per heavy atom. The van der Waals surface area contributed by atoms with Crippen molar-refractivity contribution in [2.45, 2.75) is 13.0 Å². The van der Waals surface area contributed by atoms with Crippen LogP contribution in [0.2, 0.25) is 0 Å². The molecule has 1 aromatic carbocycles. The quantitative estimate of drug-likeness (QED) is 0.420. The largest absolute Gasteiger partial charge is 0.382 e. The molecule has 106 valence electrons. The summed E-state index contributed by atoms with van der Waals surface area (Å²) in [4.78, 5) is 10.3. The number of nitrogens with one attached hydrogen (secondary N) is 1. The Balaban J connectivity index is 2.34. The number of hydrogen-bond acceptors (Lipinski definition) is 5. The van der Waals surface area contributed by atoms with Crippen molar-refractivity contribution in [1.29, 1.82) is 0 Å². The smallest absolute Gasteiger partial charge is 0.269 e. The van der Waals surface area contributed by atoms with Gasteiger partial charge in [-0.1, -0.05) is 12.1 Å². The van der Waals surface area contributed by atoms with Crippen LogP contribution in [-0.4, -0.2) is 38.4 Å². The third-order valence-electron chi connectivity index (χ3n) is 2.71. The van der Waals surface area contributed by atoms with Gasteiger partial charge in [0.15, 0.2) is 0 Å². The highest BCUT2D eigenvalue weighted by molar-refractivity contribution is 5.35. The highest BCUT2D eigenvalue weighted by Crippen LogP contribution is 2.18. The maximum atomic E-state index is 10.7. The number of non-ortho nitro benzene ring substituents is 1. The molecule has 0 heterocycles. The van der Waals surface area contributed by atoms with Crippen molar-refractivity contribution in [1.82, 2.24) is 5.32 Å². The number of methoxy groups -OCH3 is 1. The topological polar surface area (TPSA) is 73.6 Å². The second-order valence-electron chi connectivity index (χ2n) is 4.13. The summed E-state index contributed by atoms with van der Waals surface area (Å²) in [7, 11) is 1.63. The van der Waals surface area contributed by atoms with Gasteiger partial charge in [0.05, 0.1) is 24.7 Å². The molecule has 1 atom stereocenters. The summed E-state index contributed by atoms with van der Waals surface area (Å²) in [5.41, 5.74) is 1.01. The van der Waals surface area contributed by atoms with Gasteiger partial charge in [-0.05, 0) is 12.5 Å². The molecule has 0 saturated heterocycles. The third-order valence-corrected chi connectivity index (χ3v) is 2.71. The van der Waals surface area contributed by atoms with Crippen LogP contribution in [0, 0.1) is 10.1 Å². The van der Waals surface area contributed by atoms with Crippen LogP contribution < -0.4 is 5.32 Å². The number of benzene rings is 1. The molecule has 0 bridgehead atoms. The van der Waals surface area contributed by atoms with E-state index >= 15 is 0 Å². The monoisotopic (exact) mass is 268 g/mol. The van der Waals surface area contributed by atoms with Crippen LogP contribution >= 0.6 is 0 Å². The van der Waals surface area contributed by atoms with Crippen LogP contribution in [0.25, 0.3) is 0 Å². The minimum Gasteiger partial charge on any atom is -0.382 e. The second kappa shape index (κ2) is 8.58. The first-order valence-electron chi connectivity index (χ1n) is 6.19. The van der Waals surface area contributed by atoms with E-state index in [2.05, 4.69) is 5.32 Å². The van der Waals surface area contributed by atoms with Crippen LogP contribution in [0.4, 0.5) is 5.69 Å². The summed E-state index contributed by atoms with van der Waals surface area (Å²) in [5.74, 6) is 0. The predicted octanol–water partition coefficient (Wildman–Crippen LogP) is 1.91. The first-order chi connectivity index (χ1) is 9.15. The Morgan fingerprint density at radius 3 is 2.84 bits per heavy atom. The van der Waals surface area contributed by atoms with Gasteiger partial charge in [-0.3, -0.25) is 10.1 Å². The molecule has 0 radical (unpaired) electrons. The molecule has 6 heteroatoms. The number of rotatable bonds is 9. The molecular formula is C13H20N2O4. The molecule has 0 saturated carbocycles. The standard InChI is InChI=1S/C13H20N2O4/c1-11(14-6-7-19-9-8-18-2)12-4-3-5-13(10-12)15(16)17/h3-5,10-11,14H,6-9H2,1-2H3. The lowest BCUT2D eigenvalue weighted by atomic mass is 10.1. The Hall–Kier alpha value is -1.50. The average Bonchev–Trinajstić information content (AvgIpc) is 2.42. The Bertz CT molecular complexity index is 398. The fourth-order valence-corrected chi connectivity index (χ4v) is 1.62. The molecule has 1 N–H and O–H groups in total. The zero-order valence-electron chi connectivity index (χ0n) is 11.3. The average molecular weight is 268 g/mol. The zero-order chi connectivity index (χ0) is 14.1. The summed E-state index contributed by atoms with van der Waals surface area (Å²) in [6, 6.07) is 6.69. The minimum absolute atomic E-state index is 0.0472. The van der Waals surface area contributed by atoms with E-state index in [0.717, 1.165) is 5.56 Å². The fraction of sp³-hybridized carbons (Fsp3) is 0.538. The maximum Gasteiger partial charge on any atom is 0.269 e. The third kappa shape index (κ3) is 5.78. The molecule has 0 aliphatic carbocycles. The van der Waals surface area contributed by atoms with Gasteiger partial charge in [-0.15, -0.1) is 0 Å². The van der Waals surface area contributed by atoms with Crippen molar-refractivity contribution in [3.8, 4) is 0 Å². The molecule has 0 aromatic heterocycles. The van der Waals surface area contributed by atoms with E-state index in [0.29, 0.717) is 26.4 Å². The molecule has 6 nitrogen and oxygen atoms in total. The summed E-state index contributed by atoms with van der Waals surface area (Å²) in [6.07, 6.45) is 0. The highest BCUT2D eigenvalue weighted by atomic mass is 16.6. The Kier molecular flexibility index (Phi) is 7.02. The first-order valence-corrected chi connectivity index (χ1v) is 6.19. The highest BCUT2D eigenvalue weighted by Gasteiger charge is 2.10. The second-order valence-corrected chi connectivity index (χ2v) is 4.13. The van der Waals surface area contributed by atoms with Crippen molar-refractivity contribution in [3.63, 3.8) is 0 Å². The summed E-state index contributed by atoms with van der Waals surface area (Å²) >= 11 is 0. The van der Waals surface area contributed by atoms with Crippen LogP contribution in [-0.2, 0) is 9.47 Å². The summed E-state index contributed by atoms with van der Waals surface area (Å²) < 4.78 is 10.2. The van der Waals surface area contributed by atoms with Gasteiger partial charge in [-0.2, -0.15) is 0 Å². The van der Waals surface area contributed by atoms with E-state index in [4.69, 9.17) is 9.47 Å². The van der Waals surface area contributed by atoms with Crippen molar-refractivity contribution in [2.75, 3.05) is 33.5 Å². The molecule has 0 amide bonds. The molecule has 0 fully saturated rings. The molecule has 1 unspecified atom stereocenters. The van der Waals surface area contributed by atoms with Crippen molar-refractivity contribution in [3.05, 3.63) is 39.9 Å². The van der Waals surface area contributed by atoms with E-state index in [-0.39, 0.29) is 16.7 Å². The van der Waals surface area contributed by atoms with E-state index in [9.17, 15) is 10.1 Å². The minimum atomic E-state index is -0.385. The number of ether oxygens (including phenoxy) is 2. The van der Waals surface area contributed by atoms with Gasteiger partial charge in [0.1, 0.15) is 0 Å². The predicted molar refractivity (Wildman–Crippen MR) is 72.2 cm³/mol. The lowest BCUT2D eigenvalue weighted by Crippen LogP contribution is -2.23. The number of nitro groups is 1. The normalized spacial score (nSPS) is 12.3. The molecule has 1 aromatic rings. The van der Waals surface area contributed by atoms with E-state index < -0.39 is 0 Å². The molecule has 0 spiro atoms. The van der Waals surface area contributed by atoms with Gasteiger partial charge in [0, 0.05) is 31.8 Å². The van der Waals surface area contributed by atoms with E-state index in [1.54, 1.807) is 19.2 Å². The fourth-order valence-electron chi connectivity index (χ4n) is 1.62. The Morgan fingerprint density at radius 2 is 2.16 bits per heavy atom. The number of nitrogens with zero attached hydrogens (tertiary/aromatic N) is 1. The van der Waals surface area contributed by atoms with Gasteiger partial charge in [-0.25, -0.2) is 0 Å². The lowest BCUT2D eigenvalue weighted by molar-refractivity contribution is -0.384. The van der Waals surface area contributed by atoms with Crippen molar-refractivity contribution < 1.29 is 14.4 Å². The number of hydrogen-bond donors (Lipinski definition) is 1. The summed E-state index contributed by atoms with van der Waals surface area (Å²) in [5, 5.41) is 13.9. The number of nitro benzene ring substituents is 1. The summed E-state index contributed by atoms with van der Waals surface area (Å²) in [6.45, 7) is 4.40. The van der Waals surface area contributed by atoms with Gasteiger partial charge < -0.3 is 14.8 Å². The molecule has 19 heavy (non-hydrogen) atoms.